The van der Waals surface area contributed by atoms with Gasteiger partial charge >= 0.3 is 0 Å². The van der Waals surface area contributed by atoms with Gasteiger partial charge in [-0.25, -0.2) is 0 Å². The van der Waals surface area contributed by atoms with E-state index in [1.165, 1.54) is 11.1 Å². The molecule has 0 heterocycles. The molecule has 0 aromatic heterocycles. The third-order valence-corrected chi connectivity index (χ3v) is 7.07. The van der Waals surface area contributed by atoms with Crippen LogP contribution in [0.25, 0.3) is 0 Å². The Bertz CT molecular complexity index is 584. The van der Waals surface area contributed by atoms with E-state index in [4.69, 9.17) is 0 Å². The zero-order valence-corrected chi connectivity index (χ0v) is 13.2. The summed E-state index contributed by atoms with van der Waals surface area (Å²) >= 11 is 0. The molecule has 0 radical (unpaired) electrons. The van der Waals surface area contributed by atoms with E-state index in [0.717, 1.165) is 38.5 Å². The molecule has 0 amide bonds. The van der Waals surface area contributed by atoms with Crippen LogP contribution in [0.1, 0.15) is 56.1 Å². The molecule has 3 heteroatoms. The molecule has 3 aliphatic rings. The first-order valence-electron chi connectivity index (χ1n) is 8.74. The maximum atomic E-state index is 10.6. The van der Waals surface area contributed by atoms with Crippen molar-refractivity contribution < 1.29 is 15.3 Å². The Hall–Kier alpha value is -1.06. The smallest absolute Gasteiger partial charge is 0.115 e. The quantitative estimate of drug-likeness (QED) is 0.747. The van der Waals surface area contributed by atoms with E-state index in [2.05, 4.69) is 13.0 Å². The van der Waals surface area contributed by atoms with Gasteiger partial charge in [-0.3, -0.25) is 0 Å². The van der Waals surface area contributed by atoms with Gasteiger partial charge in [0.2, 0.25) is 0 Å². The predicted molar refractivity (Wildman–Crippen MR) is 84.7 cm³/mol. The zero-order chi connectivity index (χ0) is 15.5. The molecule has 0 aliphatic heterocycles. The van der Waals surface area contributed by atoms with Crippen molar-refractivity contribution in [1.29, 1.82) is 0 Å². The standard InChI is InChI=1S/C19H26O3/c1-2-19-8-7-14-13-6-4-12(20)9-11(13)3-5-15(14)16(19)10-17(21)18(19)22/h4,6,9,14-18,20-22H,2-3,5,7-8,10H2,1H3/t14?,15?,16?,17-,18+,19+/m1/s1. The summed E-state index contributed by atoms with van der Waals surface area (Å²) in [7, 11) is 0. The summed E-state index contributed by atoms with van der Waals surface area (Å²) in [6.45, 7) is 2.17. The van der Waals surface area contributed by atoms with Gasteiger partial charge < -0.3 is 15.3 Å². The summed E-state index contributed by atoms with van der Waals surface area (Å²) < 4.78 is 0. The van der Waals surface area contributed by atoms with Crippen LogP contribution in [0.15, 0.2) is 18.2 Å². The van der Waals surface area contributed by atoms with Crippen LogP contribution in [-0.4, -0.2) is 27.5 Å². The number of benzene rings is 1. The molecule has 3 N–H and O–H groups in total. The van der Waals surface area contributed by atoms with Crippen LogP contribution >= 0.6 is 0 Å². The molecule has 3 aliphatic carbocycles. The number of aryl methyl sites for hydroxylation is 1. The minimum Gasteiger partial charge on any atom is -0.508 e. The molecular formula is C19H26O3. The summed E-state index contributed by atoms with van der Waals surface area (Å²) in [6, 6.07) is 5.83. The first-order chi connectivity index (χ1) is 10.6. The molecular weight excluding hydrogens is 276 g/mol. The summed E-state index contributed by atoms with van der Waals surface area (Å²) in [6.07, 6.45) is 4.84. The number of hydrogen-bond acceptors (Lipinski definition) is 3. The van der Waals surface area contributed by atoms with Crippen molar-refractivity contribution in [1.82, 2.24) is 0 Å². The lowest BCUT2D eigenvalue weighted by molar-refractivity contribution is -0.0641. The van der Waals surface area contributed by atoms with Gasteiger partial charge in [-0.2, -0.15) is 0 Å². The molecule has 3 nitrogen and oxygen atoms in total. The molecule has 3 unspecified atom stereocenters. The number of aromatic hydroxyl groups is 1. The monoisotopic (exact) mass is 302 g/mol. The first-order valence-corrected chi connectivity index (χ1v) is 8.74. The van der Waals surface area contributed by atoms with Crippen molar-refractivity contribution in [3.63, 3.8) is 0 Å². The summed E-state index contributed by atoms with van der Waals surface area (Å²) in [5.41, 5.74) is 2.62. The molecule has 6 atom stereocenters. The van der Waals surface area contributed by atoms with Crippen molar-refractivity contribution in [2.24, 2.45) is 17.3 Å². The van der Waals surface area contributed by atoms with Gasteiger partial charge in [0.1, 0.15) is 5.75 Å². The maximum absolute atomic E-state index is 10.6. The molecule has 2 saturated carbocycles. The number of aliphatic hydroxyl groups excluding tert-OH is 2. The molecule has 0 spiro atoms. The molecule has 4 rings (SSSR count). The van der Waals surface area contributed by atoms with Gasteiger partial charge in [0, 0.05) is 5.41 Å². The Labute approximate surface area is 132 Å². The third kappa shape index (κ3) is 1.82. The first kappa shape index (κ1) is 14.5. The van der Waals surface area contributed by atoms with Crippen LogP contribution in [0, 0.1) is 17.3 Å². The van der Waals surface area contributed by atoms with Crippen molar-refractivity contribution >= 4 is 0 Å². The summed E-state index contributed by atoms with van der Waals surface area (Å²) in [4.78, 5) is 0. The zero-order valence-electron chi connectivity index (χ0n) is 13.2. The van der Waals surface area contributed by atoms with Crippen molar-refractivity contribution in [3.8, 4) is 5.75 Å². The summed E-state index contributed by atoms with van der Waals surface area (Å²) in [5, 5.41) is 30.6. The number of hydrogen-bond donors (Lipinski definition) is 3. The van der Waals surface area contributed by atoms with E-state index >= 15 is 0 Å². The average Bonchev–Trinajstić information content (AvgIpc) is 2.79. The van der Waals surface area contributed by atoms with Crippen LogP contribution in [-0.2, 0) is 6.42 Å². The predicted octanol–water partition coefficient (Wildman–Crippen LogP) is 2.97. The lowest BCUT2D eigenvalue weighted by atomic mass is 9.54. The molecule has 1 aromatic carbocycles. The Kier molecular flexibility index (Phi) is 3.28. The van der Waals surface area contributed by atoms with Crippen LogP contribution in [0.5, 0.6) is 5.75 Å². The van der Waals surface area contributed by atoms with Crippen molar-refractivity contribution in [3.05, 3.63) is 29.3 Å². The van der Waals surface area contributed by atoms with Gasteiger partial charge in [-0.1, -0.05) is 13.0 Å². The van der Waals surface area contributed by atoms with E-state index in [0.29, 0.717) is 23.5 Å². The average molecular weight is 302 g/mol. The second-order valence-electron chi connectivity index (χ2n) is 7.67. The van der Waals surface area contributed by atoms with Crippen molar-refractivity contribution in [2.75, 3.05) is 0 Å². The fourth-order valence-corrected chi connectivity index (χ4v) is 6.01. The topological polar surface area (TPSA) is 60.7 Å². The number of fused-ring (bicyclic) bond motifs is 5. The normalized spacial score (nSPS) is 43.3. The molecule has 120 valence electrons. The molecule has 0 bridgehead atoms. The molecule has 1 aromatic rings. The van der Waals surface area contributed by atoms with Gasteiger partial charge in [-0.05, 0) is 79.5 Å². The highest BCUT2D eigenvalue weighted by Crippen LogP contribution is 2.62. The molecule has 0 saturated heterocycles. The molecule has 22 heavy (non-hydrogen) atoms. The summed E-state index contributed by atoms with van der Waals surface area (Å²) in [5.74, 6) is 1.90. The lowest BCUT2D eigenvalue weighted by Gasteiger charge is -2.51. The van der Waals surface area contributed by atoms with E-state index in [-0.39, 0.29) is 5.41 Å². The van der Waals surface area contributed by atoms with Crippen molar-refractivity contribution in [2.45, 2.75) is 63.6 Å². The number of rotatable bonds is 1. The Morgan fingerprint density at radius 3 is 2.82 bits per heavy atom. The second-order valence-corrected chi connectivity index (χ2v) is 7.67. The lowest BCUT2D eigenvalue weighted by Crippen LogP contribution is -2.46. The van der Waals surface area contributed by atoms with E-state index in [1.807, 2.05) is 6.07 Å². The van der Waals surface area contributed by atoms with Gasteiger partial charge in [0.15, 0.2) is 0 Å². The number of phenolic OH excluding ortho intramolecular Hbond substituents is 1. The Balaban J connectivity index is 1.72. The largest absolute Gasteiger partial charge is 0.508 e. The van der Waals surface area contributed by atoms with Gasteiger partial charge in [0.05, 0.1) is 12.2 Å². The number of aliphatic hydroxyl groups is 2. The van der Waals surface area contributed by atoms with Crippen LogP contribution in [0.2, 0.25) is 0 Å². The van der Waals surface area contributed by atoms with Crippen LogP contribution < -0.4 is 0 Å². The van der Waals surface area contributed by atoms with Gasteiger partial charge in [0.25, 0.3) is 0 Å². The minimum absolute atomic E-state index is 0.0744. The van der Waals surface area contributed by atoms with E-state index in [1.54, 1.807) is 6.07 Å². The van der Waals surface area contributed by atoms with Gasteiger partial charge in [-0.15, -0.1) is 0 Å². The van der Waals surface area contributed by atoms with Crippen LogP contribution in [0.3, 0.4) is 0 Å². The Morgan fingerprint density at radius 1 is 1.23 bits per heavy atom. The maximum Gasteiger partial charge on any atom is 0.115 e. The fraction of sp³-hybridized carbons (Fsp3) is 0.684. The Morgan fingerprint density at radius 2 is 2.05 bits per heavy atom. The second kappa shape index (κ2) is 4.97. The number of phenols is 1. The van der Waals surface area contributed by atoms with E-state index < -0.39 is 12.2 Å². The molecule has 2 fully saturated rings. The highest BCUT2D eigenvalue weighted by molar-refractivity contribution is 5.40. The third-order valence-electron chi connectivity index (χ3n) is 7.07. The van der Waals surface area contributed by atoms with Crippen LogP contribution in [0.4, 0.5) is 0 Å². The van der Waals surface area contributed by atoms with E-state index in [9.17, 15) is 15.3 Å². The highest BCUT2D eigenvalue weighted by Gasteiger charge is 2.59. The SMILES string of the molecule is CC[C@]12CCC3c4ccc(O)cc4CCC3C1C[C@@H](O)[C@@H]2O. The fourth-order valence-electron chi connectivity index (χ4n) is 6.01. The minimum atomic E-state index is -0.551. The highest BCUT2D eigenvalue weighted by atomic mass is 16.3.